The third-order valence-corrected chi connectivity index (χ3v) is 6.41. The molecular formula is C24H27FN2O3. The predicted molar refractivity (Wildman–Crippen MR) is 112 cm³/mol. The van der Waals surface area contributed by atoms with Gasteiger partial charge in [-0.1, -0.05) is 31.0 Å². The zero-order valence-corrected chi connectivity index (χ0v) is 17.3. The highest BCUT2D eigenvalue weighted by Crippen LogP contribution is 2.43. The lowest BCUT2D eigenvalue weighted by molar-refractivity contribution is -0.138. The summed E-state index contributed by atoms with van der Waals surface area (Å²) >= 11 is 0. The van der Waals surface area contributed by atoms with Gasteiger partial charge >= 0.3 is 0 Å². The van der Waals surface area contributed by atoms with Crippen LogP contribution in [0.5, 0.6) is 5.75 Å². The number of carbonyl (C=O) groups excluding carboxylic acids is 2. The molecule has 0 spiro atoms. The Balaban J connectivity index is 1.46. The number of ether oxygens (including phenoxy) is 1. The fourth-order valence-electron chi connectivity index (χ4n) is 4.74. The topological polar surface area (TPSA) is 49.9 Å². The van der Waals surface area contributed by atoms with E-state index in [4.69, 9.17) is 4.74 Å². The Morgan fingerprint density at radius 2 is 1.60 bits per heavy atom. The summed E-state index contributed by atoms with van der Waals surface area (Å²) in [5.74, 6) is 0.356. The fourth-order valence-corrected chi connectivity index (χ4v) is 4.74. The Hall–Kier alpha value is -2.89. The van der Waals surface area contributed by atoms with Crippen molar-refractivity contribution in [2.75, 3.05) is 33.3 Å². The van der Waals surface area contributed by atoms with Gasteiger partial charge in [0.15, 0.2) is 0 Å². The predicted octanol–water partition coefficient (Wildman–Crippen LogP) is 3.63. The van der Waals surface area contributed by atoms with Crippen molar-refractivity contribution < 1.29 is 18.7 Å². The standard InChI is InChI=1S/C24H27FN2O3/c1-30-21-9-4-6-18(16-21)22(28)26-12-14-27(15-13-26)23(29)24(10-2-3-11-24)19-7-5-8-20(25)17-19/h4-9,16-17H,2-3,10-15H2,1H3. The van der Waals surface area contributed by atoms with Gasteiger partial charge in [0.25, 0.3) is 5.91 Å². The maximum atomic E-state index is 13.9. The molecule has 6 heteroatoms. The first-order chi connectivity index (χ1) is 14.5. The van der Waals surface area contributed by atoms with Crippen LogP contribution in [0, 0.1) is 5.82 Å². The second-order valence-electron chi connectivity index (χ2n) is 8.12. The van der Waals surface area contributed by atoms with Crippen molar-refractivity contribution >= 4 is 11.8 Å². The lowest BCUT2D eigenvalue weighted by atomic mass is 9.77. The number of hydrogen-bond acceptors (Lipinski definition) is 3. The molecule has 0 radical (unpaired) electrons. The molecule has 2 aromatic rings. The molecule has 4 rings (SSSR count). The summed E-state index contributed by atoms with van der Waals surface area (Å²) in [4.78, 5) is 30.0. The summed E-state index contributed by atoms with van der Waals surface area (Å²) in [5.41, 5.74) is 0.724. The van der Waals surface area contributed by atoms with Crippen LogP contribution in [0.15, 0.2) is 48.5 Å². The minimum atomic E-state index is -0.638. The molecule has 158 valence electrons. The summed E-state index contributed by atoms with van der Waals surface area (Å²) in [6.45, 7) is 1.96. The number of rotatable bonds is 4. The lowest BCUT2D eigenvalue weighted by Gasteiger charge is -2.40. The summed E-state index contributed by atoms with van der Waals surface area (Å²) in [7, 11) is 1.57. The second kappa shape index (κ2) is 8.46. The molecule has 1 aliphatic carbocycles. The Kier molecular flexibility index (Phi) is 5.75. The molecule has 0 unspecified atom stereocenters. The zero-order chi connectivity index (χ0) is 21.1. The molecule has 2 aromatic carbocycles. The Bertz CT molecular complexity index is 932. The first-order valence-corrected chi connectivity index (χ1v) is 10.5. The van der Waals surface area contributed by atoms with Gasteiger partial charge in [0.1, 0.15) is 11.6 Å². The molecule has 1 heterocycles. The highest BCUT2D eigenvalue weighted by atomic mass is 19.1. The molecule has 0 atom stereocenters. The first kappa shape index (κ1) is 20.4. The van der Waals surface area contributed by atoms with Gasteiger partial charge < -0.3 is 14.5 Å². The van der Waals surface area contributed by atoms with Gasteiger partial charge in [-0.15, -0.1) is 0 Å². The summed E-state index contributed by atoms with van der Waals surface area (Å²) in [6, 6.07) is 13.6. The molecule has 0 aromatic heterocycles. The van der Waals surface area contributed by atoms with E-state index >= 15 is 0 Å². The molecule has 2 amide bonds. The molecule has 2 fully saturated rings. The molecule has 2 aliphatic rings. The van der Waals surface area contributed by atoms with Crippen LogP contribution in [0.1, 0.15) is 41.6 Å². The van der Waals surface area contributed by atoms with Crippen LogP contribution < -0.4 is 4.74 Å². The van der Waals surface area contributed by atoms with Crippen molar-refractivity contribution in [1.29, 1.82) is 0 Å². The Labute approximate surface area is 176 Å². The normalized spacial score (nSPS) is 18.3. The second-order valence-corrected chi connectivity index (χ2v) is 8.12. The number of amides is 2. The third kappa shape index (κ3) is 3.78. The molecule has 0 N–H and O–H groups in total. The number of benzene rings is 2. The van der Waals surface area contributed by atoms with E-state index in [0.29, 0.717) is 37.5 Å². The van der Waals surface area contributed by atoms with E-state index in [1.165, 1.54) is 12.1 Å². The smallest absolute Gasteiger partial charge is 0.254 e. The maximum absolute atomic E-state index is 13.9. The highest BCUT2D eigenvalue weighted by molar-refractivity contribution is 5.95. The number of carbonyl (C=O) groups is 2. The zero-order valence-electron chi connectivity index (χ0n) is 17.3. The Morgan fingerprint density at radius 3 is 2.27 bits per heavy atom. The Morgan fingerprint density at radius 1 is 0.933 bits per heavy atom. The largest absolute Gasteiger partial charge is 0.497 e. The SMILES string of the molecule is COc1cccc(C(=O)N2CCN(C(=O)C3(c4cccc(F)c4)CCCC3)CC2)c1. The van der Waals surface area contributed by atoms with E-state index in [-0.39, 0.29) is 17.6 Å². The molecular weight excluding hydrogens is 383 g/mol. The minimum Gasteiger partial charge on any atom is -0.497 e. The van der Waals surface area contributed by atoms with Crippen LogP contribution >= 0.6 is 0 Å². The highest BCUT2D eigenvalue weighted by Gasteiger charge is 2.45. The molecule has 1 saturated carbocycles. The summed E-state index contributed by atoms with van der Waals surface area (Å²) < 4.78 is 19.1. The number of halogens is 1. The molecule has 0 bridgehead atoms. The van der Waals surface area contributed by atoms with Crippen molar-refractivity contribution in [3.05, 3.63) is 65.5 Å². The van der Waals surface area contributed by atoms with Crippen LogP contribution in [0.4, 0.5) is 4.39 Å². The van der Waals surface area contributed by atoms with E-state index < -0.39 is 5.41 Å². The van der Waals surface area contributed by atoms with Crippen LogP contribution in [0.2, 0.25) is 0 Å². The first-order valence-electron chi connectivity index (χ1n) is 10.5. The van der Waals surface area contributed by atoms with Gasteiger partial charge in [-0.25, -0.2) is 4.39 Å². The van der Waals surface area contributed by atoms with E-state index in [2.05, 4.69) is 0 Å². The van der Waals surface area contributed by atoms with Gasteiger partial charge in [-0.05, 0) is 48.7 Å². The molecule has 5 nitrogen and oxygen atoms in total. The average Bonchev–Trinajstić information content (AvgIpc) is 3.29. The fraction of sp³-hybridized carbons (Fsp3) is 0.417. The van der Waals surface area contributed by atoms with Crippen molar-refractivity contribution in [3.63, 3.8) is 0 Å². The lowest BCUT2D eigenvalue weighted by Crippen LogP contribution is -2.55. The van der Waals surface area contributed by atoms with Gasteiger partial charge in [0.05, 0.1) is 12.5 Å². The van der Waals surface area contributed by atoms with Crippen LogP contribution in [-0.2, 0) is 10.2 Å². The number of nitrogens with zero attached hydrogens (tertiary/aromatic N) is 2. The number of methoxy groups -OCH3 is 1. The third-order valence-electron chi connectivity index (χ3n) is 6.41. The van der Waals surface area contributed by atoms with E-state index in [0.717, 1.165) is 31.2 Å². The van der Waals surface area contributed by atoms with Crippen LogP contribution in [-0.4, -0.2) is 54.9 Å². The van der Waals surface area contributed by atoms with E-state index in [1.807, 2.05) is 11.0 Å². The van der Waals surface area contributed by atoms with Crippen molar-refractivity contribution in [1.82, 2.24) is 9.80 Å². The number of hydrogen-bond donors (Lipinski definition) is 0. The van der Waals surface area contributed by atoms with Gasteiger partial charge in [0, 0.05) is 31.7 Å². The molecule has 1 aliphatic heterocycles. The van der Waals surface area contributed by atoms with Gasteiger partial charge in [-0.3, -0.25) is 9.59 Å². The maximum Gasteiger partial charge on any atom is 0.254 e. The van der Waals surface area contributed by atoms with Crippen LogP contribution in [0.3, 0.4) is 0 Å². The van der Waals surface area contributed by atoms with Crippen molar-refractivity contribution in [2.45, 2.75) is 31.1 Å². The summed E-state index contributed by atoms with van der Waals surface area (Å²) in [5, 5.41) is 0. The monoisotopic (exact) mass is 410 g/mol. The van der Waals surface area contributed by atoms with Crippen LogP contribution in [0.25, 0.3) is 0 Å². The van der Waals surface area contributed by atoms with E-state index in [1.54, 1.807) is 42.3 Å². The average molecular weight is 410 g/mol. The van der Waals surface area contributed by atoms with Crippen molar-refractivity contribution in [2.24, 2.45) is 0 Å². The van der Waals surface area contributed by atoms with Gasteiger partial charge in [0.2, 0.25) is 5.91 Å². The molecule has 30 heavy (non-hydrogen) atoms. The summed E-state index contributed by atoms with van der Waals surface area (Å²) in [6.07, 6.45) is 3.43. The van der Waals surface area contributed by atoms with Crippen molar-refractivity contribution in [3.8, 4) is 5.75 Å². The number of piperazine rings is 1. The minimum absolute atomic E-state index is 0.0540. The molecule has 1 saturated heterocycles. The van der Waals surface area contributed by atoms with Gasteiger partial charge in [-0.2, -0.15) is 0 Å². The quantitative estimate of drug-likeness (QED) is 0.774. The van der Waals surface area contributed by atoms with E-state index in [9.17, 15) is 14.0 Å².